The van der Waals surface area contributed by atoms with E-state index in [1.54, 1.807) is 0 Å². The summed E-state index contributed by atoms with van der Waals surface area (Å²) in [6.07, 6.45) is 3.88. The molecule has 1 aromatic rings. The maximum Gasteiger partial charge on any atom is 0.0441 e. The van der Waals surface area contributed by atoms with Crippen LogP contribution in [0.25, 0.3) is 0 Å². The summed E-state index contributed by atoms with van der Waals surface area (Å²) in [4.78, 5) is 0. The molecule has 1 atom stereocenters. The van der Waals surface area contributed by atoms with Crippen LogP contribution in [-0.4, -0.2) is 12.1 Å². The Kier molecular flexibility index (Phi) is 1.86. The number of rotatable bonds is 1. The Balaban J connectivity index is 1.99. The van der Waals surface area contributed by atoms with E-state index in [0.717, 1.165) is 11.6 Å². The largest absolute Gasteiger partial charge is 0.311 e. The third-order valence-corrected chi connectivity index (χ3v) is 3.99. The molecule has 1 heterocycles. The van der Waals surface area contributed by atoms with Gasteiger partial charge in [0.05, 0.1) is 0 Å². The first-order valence-electron chi connectivity index (χ1n) is 5.31. The quantitative estimate of drug-likeness (QED) is 0.747. The predicted octanol–water partition coefficient (Wildman–Crippen LogP) is 2.95. The Hall–Kier alpha value is -0.530. The third-order valence-electron chi connectivity index (χ3n) is 3.65. The molecule has 1 spiro atoms. The molecule has 1 saturated carbocycles. The van der Waals surface area contributed by atoms with Gasteiger partial charge in [0.25, 0.3) is 0 Å². The van der Waals surface area contributed by atoms with Crippen LogP contribution in [0, 0.1) is 0 Å². The van der Waals surface area contributed by atoms with Crippen LogP contribution in [0.15, 0.2) is 24.3 Å². The number of hydrogen-bond acceptors (Lipinski definition) is 1. The zero-order valence-electron chi connectivity index (χ0n) is 8.09. The van der Waals surface area contributed by atoms with E-state index < -0.39 is 0 Å². The molecule has 1 unspecified atom stereocenters. The van der Waals surface area contributed by atoms with Gasteiger partial charge in [-0.3, -0.25) is 0 Å². The molecular formula is C12H14ClN. The van der Waals surface area contributed by atoms with Gasteiger partial charge in [-0.25, -0.2) is 0 Å². The Labute approximate surface area is 89.5 Å². The van der Waals surface area contributed by atoms with E-state index in [-0.39, 0.29) is 0 Å². The highest BCUT2D eigenvalue weighted by molar-refractivity contribution is 6.31. The molecule has 3 rings (SSSR count). The van der Waals surface area contributed by atoms with Gasteiger partial charge >= 0.3 is 0 Å². The maximum absolute atomic E-state index is 6.23. The highest BCUT2D eigenvalue weighted by Crippen LogP contribution is 2.52. The topological polar surface area (TPSA) is 12.0 Å². The average molecular weight is 208 g/mol. The van der Waals surface area contributed by atoms with Crippen molar-refractivity contribution >= 4 is 11.6 Å². The monoisotopic (exact) mass is 207 g/mol. The molecule has 1 aromatic carbocycles. The number of nitrogens with one attached hydrogen (secondary N) is 1. The average Bonchev–Trinajstić information content (AvgIpc) is 2.82. The number of halogens is 1. The van der Waals surface area contributed by atoms with Crippen LogP contribution in [0.2, 0.25) is 5.02 Å². The summed E-state index contributed by atoms with van der Waals surface area (Å²) in [5, 5.41) is 4.56. The summed E-state index contributed by atoms with van der Waals surface area (Å²) in [6, 6.07) is 8.29. The van der Waals surface area contributed by atoms with Crippen molar-refractivity contribution in [3.63, 3.8) is 0 Å². The highest BCUT2D eigenvalue weighted by atomic mass is 35.5. The van der Waals surface area contributed by atoms with Gasteiger partial charge in [-0.2, -0.15) is 0 Å². The van der Waals surface area contributed by atoms with Crippen molar-refractivity contribution in [2.45, 2.75) is 30.7 Å². The Morgan fingerprint density at radius 2 is 2.07 bits per heavy atom. The van der Waals surface area contributed by atoms with Crippen molar-refractivity contribution in [3.8, 4) is 0 Å². The van der Waals surface area contributed by atoms with Gasteiger partial charge in [-0.15, -0.1) is 0 Å². The summed E-state index contributed by atoms with van der Waals surface area (Å²) in [6.45, 7) is 1.15. The van der Waals surface area contributed by atoms with Gasteiger partial charge in [-0.05, 0) is 37.4 Å². The minimum Gasteiger partial charge on any atom is -0.311 e. The lowest BCUT2D eigenvalue weighted by molar-refractivity contribution is 0.535. The summed E-state index contributed by atoms with van der Waals surface area (Å²) < 4.78 is 0. The molecule has 74 valence electrons. The van der Waals surface area contributed by atoms with Crippen LogP contribution in [0.5, 0.6) is 0 Å². The molecule has 0 amide bonds. The number of benzene rings is 1. The van der Waals surface area contributed by atoms with Crippen LogP contribution in [0.4, 0.5) is 0 Å². The second-order valence-corrected chi connectivity index (χ2v) is 4.85. The summed E-state index contributed by atoms with van der Waals surface area (Å²) in [5.41, 5.74) is 1.77. The van der Waals surface area contributed by atoms with Crippen molar-refractivity contribution in [1.29, 1.82) is 0 Å². The minimum atomic E-state index is 0.422. The summed E-state index contributed by atoms with van der Waals surface area (Å²) >= 11 is 6.23. The molecule has 2 heteroatoms. The Morgan fingerprint density at radius 1 is 1.29 bits per heavy atom. The van der Waals surface area contributed by atoms with Crippen molar-refractivity contribution < 1.29 is 0 Å². The molecule has 2 fully saturated rings. The van der Waals surface area contributed by atoms with Gasteiger partial charge in [0.15, 0.2) is 0 Å². The normalized spacial score (nSPS) is 28.2. The lowest BCUT2D eigenvalue weighted by Crippen LogP contribution is -2.27. The van der Waals surface area contributed by atoms with E-state index in [4.69, 9.17) is 11.6 Å². The fraction of sp³-hybridized carbons (Fsp3) is 0.500. The van der Waals surface area contributed by atoms with Gasteiger partial charge in [-0.1, -0.05) is 29.8 Å². The van der Waals surface area contributed by atoms with Crippen LogP contribution in [0.3, 0.4) is 0 Å². The molecule has 1 aliphatic carbocycles. The van der Waals surface area contributed by atoms with Crippen LogP contribution < -0.4 is 5.32 Å². The van der Waals surface area contributed by atoms with Gasteiger partial charge in [0, 0.05) is 16.5 Å². The smallest absolute Gasteiger partial charge is 0.0441 e. The molecule has 0 bridgehead atoms. The highest BCUT2D eigenvalue weighted by Gasteiger charge is 2.52. The van der Waals surface area contributed by atoms with Crippen molar-refractivity contribution in [2.75, 3.05) is 6.54 Å². The van der Waals surface area contributed by atoms with Crippen molar-refractivity contribution in [3.05, 3.63) is 34.9 Å². The van der Waals surface area contributed by atoms with Gasteiger partial charge < -0.3 is 5.32 Å². The van der Waals surface area contributed by atoms with Crippen LogP contribution in [-0.2, 0) is 0 Å². The molecule has 14 heavy (non-hydrogen) atoms. The molecule has 2 aliphatic rings. The molecule has 1 N–H and O–H groups in total. The van der Waals surface area contributed by atoms with E-state index in [1.807, 2.05) is 12.1 Å². The zero-order chi connectivity index (χ0) is 9.60. The number of hydrogen-bond donors (Lipinski definition) is 1. The van der Waals surface area contributed by atoms with Gasteiger partial charge in [0.1, 0.15) is 0 Å². The molecular weight excluding hydrogens is 194 g/mol. The molecule has 1 nitrogen and oxygen atoms in total. The first-order valence-corrected chi connectivity index (χ1v) is 5.69. The van der Waals surface area contributed by atoms with E-state index in [9.17, 15) is 0 Å². The summed E-state index contributed by atoms with van der Waals surface area (Å²) in [7, 11) is 0. The first-order chi connectivity index (χ1) is 6.82. The van der Waals surface area contributed by atoms with Crippen LogP contribution >= 0.6 is 11.6 Å². The van der Waals surface area contributed by atoms with E-state index >= 15 is 0 Å². The SMILES string of the molecule is Clc1ccccc1C1CCNC12CC2. The predicted molar refractivity (Wildman–Crippen MR) is 58.8 cm³/mol. The molecule has 1 aliphatic heterocycles. The Morgan fingerprint density at radius 3 is 2.79 bits per heavy atom. The van der Waals surface area contributed by atoms with Gasteiger partial charge in [0.2, 0.25) is 0 Å². The minimum absolute atomic E-state index is 0.422. The molecule has 0 aromatic heterocycles. The van der Waals surface area contributed by atoms with E-state index in [2.05, 4.69) is 17.4 Å². The zero-order valence-corrected chi connectivity index (χ0v) is 8.85. The Bertz CT molecular complexity index is 357. The second-order valence-electron chi connectivity index (χ2n) is 4.45. The lowest BCUT2D eigenvalue weighted by atomic mass is 9.90. The van der Waals surface area contributed by atoms with Crippen molar-refractivity contribution in [2.24, 2.45) is 0 Å². The maximum atomic E-state index is 6.23. The van der Waals surface area contributed by atoms with E-state index in [1.165, 1.54) is 24.8 Å². The second kappa shape index (κ2) is 2.98. The molecule has 1 saturated heterocycles. The third kappa shape index (κ3) is 1.19. The summed E-state index contributed by atoms with van der Waals surface area (Å²) in [5.74, 6) is 0.649. The standard InChI is InChI=1S/C12H14ClN/c13-11-4-2-1-3-9(11)10-5-8-14-12(10)6-7-12/h1-4,10,14H,5-8H2. The fourth-order valence-electron chi connectivity index (χ4n) is 2.74. The molecule has 0 radical (unpaired) electrons. The fourth-order valence-corrected chi connectivity index (χ4v) is 3.00. The van der Waals surface area contributed by atoms with Crippen molar-refractivity contribution in [1.82, 2.24) is 5.32 Å². The van der Waals surface area contributed by atoms with E-state index in [0.29, 0.717) is 11.5 Å². The van der Waals surface area contributed by atoms with Crippen LogP contribution in [0.1, 0.15) is 30.7 Å². The first kappa shape index (κ1) is 8.75. The lowest BCUT2D eigenvalue weighted by Gasteiger charge is -2.19.